The molecule has 6 heteroatoms. The van der Waals surface area contributed by atoms with Crippen molar-refractivity contribution in [2.24, 2.45) is 11.7 Å². The molecule has 23 heavy (non-hydrogen) atoms. The molecule has 2 atom stereocenters. The first-order chi connectivity index (χ1) is 10.7. The van der Waals surface area contributed by atoms with Crippen LogP contribution in [0.4, 0.5) is 0 Å². The Balaban J connectivity index is 0.00000264. The first-order valence-corrected chi connectivity index (χ1v) is 7.88. The van der Waals surface area contributed by atoms with Gasteiger partial charge in [-0.25, -0.2) is 0 Å². The van der Waals surface area contributed by atoms with E-state index in [1.54, 1.807) is 13.2 Å². The van der Waals surface area contributed by atoms with Crippen LogP contribution in [0.25, 0.3) is 0 Å². The molecule has 2 unspecified atom stereocenters. The highest BCUT2D eigenvalue weighted by Gasteiger charge is 2.29. The topological polar surface area (TPSA) is 64.8 Å². The van der Waals surface area contributed by atoms with Crippen LogP contribution >= 0.6 is 12.4 Å². The summed E-state index contributed by atoms with van der Waals surface area (Å²) in [7, 11) is 1.63. The monoisotopic (exact) mass is 342 g/mol. The number of piperidine rings is 1. The number of carbonyl (C=O) groups excluding carboxylic acids is 1. The van der Waals surface area contributed by atoms with E-state index in [9.17, 15) is 4.79 Å². The fourth-order valence-corrected chi connectivity index (χ4v) is 2.87. The summed E-state index contributed by atoms with van der Waals surface area (Å²) in [5, 5.41) is 0. The maximum Gasteiger partial charge on any atom is 0.254 e. The van der Waals surface area contributed by atoms with Crippen LogP contribution in [0.5, 0.6) is 5.75 Å². The standard InChI is InChI=1S/C17H26N2O3.ClH/c1-13-6-7-19(15(10-13)12-18)17(20)14-4-3-5-16(11-14)22-9-8-21-2;/h3-5,11,13,15H,6-10,12,18H2,1-2H3;1H. The lowest BCUT2D eigenvalue weighted by Gasteiger charge is -2.38. The maximum absolute atomic E-state index is 12.7. The second-order valence-corrected chi connectivity index (χ2v) is 5.89. The second-order valence-electron chi connectivity index (χ2n) is 5.89. The first-order valence-electron chi connectivity index (χ1n) is 7.88. The number of nitrogens with two attached hydrogens (primary N) is 1. The quantitative estimate of drug-likeness (QED) is 0.806. The van der Waals surface area contributed by atoms with Gasteiger partial charge in [-0.2, -0.15) is 0 Å². The van der Waals surface area contributed by atoms with Gasteiger partial charge in [0.1, 0.15) is 12.4 Å². The normalized spacial score (nSPS) is 20.7. The average molecular weight is 343 g/mol. The number of nitrogens with zero attached hydrogens (tertiary/aromatic N) is 1. The van der Waals surface area contributed by atoms with E-state index in [0.29, 0.717) is 37.0 Å². The summed E-state index contributed by atoms with van der Waals surface area (Å²) in [6.45, 7) is 4.50. The van der Waals surface area contributed by atoms with Crippen LogP contribution in [-0.2, 0) is 4.74 Å². The Kier molecular flexibility index (Phi) is 8.37. The average Bonchev–Trinajstić information content (AvgIpc) is 2.54. The van der Waals surface area contributed by atoms with E-state index in [0.717, 1.165) is 19.4 Å². The first kappa shape index (κ1) is 19.7. The fraction of sp³-hybridized carbons (Fsp3) is 0.588. The van der Waals surface area contributed by atoms with Gasteiger partial charge in [0.05, 0.1) is 6.61 Å². The van der Waals surface area contributed by atoms with Crippen LogP contribution < -0.4 is 10.5 Å². The minimum atomic E-state index is 0. The van der Waals surface area contributed by atoms with E-state index >= 15 is 0 Å². The molecule has 1 fully saturated rings. The zero-order valence-electron chi connectivity index (χ0n) is 13.9. The number of hydrogen-bond acceptors (Lipinski definition) is 4. The highest BCUT2D eigenvalue weighted by Crippen LogP contribution is 2.24. The third-order valence-electron chi connectivity index (χ3n) is 4.15. The summed E-state index contributed by atoms with van der Waals surface area (Å²) in [5.41, 5.74) is 6.51. The van der Waals surface area contributed by atoms with Gasteiger partial charge < -0.3 is 20.1 Å². The zero-order valence-corrected chi connectivity index (χ0v) is 14.7. The molecule has 1 aliphatic heterocycles. The molecule has 0 aliphatic carbocycles. The number of hydrogen-bond donors (Lipinski definition) is 1. The summed E-state index contributed by atoms with van der Waals surface area (Å²) < 4.78 is 10.5. The van der Waals surface area contributed by atoms with Gasteiger partial charge in [0.2, 0.25) is 0 Å². The largest absolute Gasteiger partial charge is 0.491 e. The molecular formula is C17H27ClN2O3. The number of ether oxygens (including phenoxy) is 2. The second kappa shape index (κ2) is 9.75. The molecule has 5 nitrogen and oxygen atoms in total. The predicted octanol–water partition coefficient (Wildman–Crippen LogP) is 2.33. The minimum Gasteiger partial charge on any atom is -0.491 e. The molecule has 0 saturated carbocycles. The van der Waals surface area contributed by atoms with Crippen molar-refractivity contribution in [3.63, 3.8) is 0 Å². The Morgan fingerprint density at radius 1 is 1.39 bits per heavy atom. The van der Waals surface area contributed by atoms with Crippen LogP contribution in [0.1, 0.15) is 30.1 Å². The lowest BCUT2D eigenvalue weighted by molar-refractivity contribution is 0.0573. The smallest absolute Gasteiger partial charge is 0.254 e. The molecule has 1 aliphatic rings. The molecule has 2 N–H and O–H groups in total. The molecule has 1 aromatic carbocycles. The molecule has 0 spiro atoms. The molecule has 0 aromatic heterocycles. The molecule has 1 saturated heterocycles. The number of carbonyl (C=O) groups is 1. The summed E-state index contributed by atoms with van der Waals surface area (Å²) in [6, 6.07) is 7.46. The van der Waals surface area contributed by atoms with Gasteiger partial charge in [-0.15, -0.1) is 12.4 Å². The van der Waals surface area contributed by atoms with Crippen molar-refractivity contribution < 1.29 is 14.3 Å². The van der Waals surface area contributed by atoms with Crippen molar-refractivity contribution in [1.82, 2.24) is 4.90 Å². The highest BCUT2D eigenvalue weighted by atomic mass is 35.5. The van der Waals surface area contributed by atoms with Gasteiger partial charge in [0.15, 0.2) is 0 Å². The van der Waals surface area contributed by atoms with E-state index in [1.165, 1.54) is 0 Å². The molecular weight excluding hydrogens is 316 g/mol. The summed E-state index contributed by atoms with van der Waals surface area (Å²) in [4.78, 5) is 14.7. The summed E-state index contributed by atoms with van der Waals surface area (Å²) in [5.74, 6) is 1.36. The Labute approximate surface area is 144 Å². The fourth-order valence-electron chi connectivity index (χ4n) is 2.87. The molecule has 0 bridgehead atoms. The Bertz CT molecular complexity index is 498. The number of methoxy groups -OCH3 is 1. The van der Waals surface area contributed by atoms with Crippen LogP contribution in [0.2, 0.25) is 0 Å². The SMILES string of the molecule is COCCOc1cccc(C(=O)N2CCC(C)CC2CN)c1.Cl. The molecule has 1 amide bonds. The number of rotatable bonds is 6. The Morgan fingerprint density at radius 2 is 2.17 bits per heavy atom. The highest BCUT2D eigenvalue weighted by molar-refractivity contribution is 5.94. The van der Waals surface area contributed by atoms with Crippen molar-refractivity contribution in [2.75, 3.05) is 33.4 Å². The van der Waals surface area contributed by atoms with Crippen molar-refractivity contribution in [2.45, 2.75) is 25.8 Å². The molecule has 1 aromatic rings. The van der Waals surface area contributed by atoms with Gasteiger partial charge in [0.25, 0.3) is 5.91 Å². The lowest BCUT2D eigenvalue weighted by atomic mass is 9.92. The summed E-state index contributed by atoms with van der Waals surface area (Å²) in [6.07, 6.45) is 2.01. The van der Waals surface area contributed by atoms with Crippen molar-refractivity contribution in [3.8, 4) is 5.75 Å². The molecule has 1 heterocycles. The van der Waals surface area contributed by atoms with E-state index in [-0.39, 0.29) is 24.4 Å². The molecule has 130 valence electrons. The van der Waals surface area contributed by atoms with Crippen molar-refractivity contribution in [3.05, 3.63) is 29.8 Å². The van der Waals surface area contributed by atoms with Gasteiger partial charge in [-0.1, -0.05) is 13.0 Å². The lowest BCUT2D eigenvalue weighted by Crippen LogP contribution is -2.49. The number of halogens is 1. The third-order valence-corrected chi connectivity index (χ3v) is 4.15. The Morgan fingerprint density at radius 3 is 2.87 bits per heavy atom. The van der Waals surface area contributed by atoms with E-state index < -0.39 is 0 Å². The van der Waals surface area contributed by atoms with Gasteiger partial charge in [0, 0.05) is 31.8 Å². The van der Waals surface area contributed by atoms with Crippen molar-refractivity contribution >= 4 is 18.3 Å². The van der Waals surface area contributed by atoms with Crippen LogP contribution in [0.3, 0.4) is 0 Å². The molecule has 2 rings (SSSR count). The van der Waals surface area contributed by atoms with Crippen LogP contribution in [0.15, 0.2) is 24.3 Å². The van der Waals surface area contributed by atoms with Crippen LogP contribution in [-0.4, -0.2) is 50.3 Å². The van der Waals surface area contributed by atoms with E-state index in [2.05, 4.69) is 6.92 Å². The number of benzene rings is 1. The van der Waals surface area contributed by atoms with Gasteiger partial charge in [-0.05, 0) is 37.0 Å². The van der Waals surface area contributed by atoms with E-state index in [1.807, 2.05) is 23.1 Å². The molecule has 0 radical (unpaired) electrons. The van der Waals surface area contributed by atoms with Crippen LogP contribution in [0, 0.1) is 5.92 Å². The van der Waals surface area contributed by atoms with Gasteiger partial charge >= 0.3 is 0 Å². The maximum atomic E-state index is 12.7. The van der Waals surface area contributed by atoms with E-state index in [4.69, 9.17) is 15.2 Å². The number of amides is 1. The summed E-state index contributed by atoms with van der Waals surface area (Å²) >= 11 is 0. The number of likely N-dealkylation sites (tertiary alicyclic amines) is 1. The Hall–Kier alpha value is -1.30. The van der Waals surface area contributed by atoms with Gasteiger partial charge in [-0.3, -0.25) is 4.79 Å². The minimum absolute atomic E-state index is 0. The van der Waals surface area contributed by atoms with Crippen molar-refractivity contribution in [1.29, 1.82) is 0 Å². The third kappa shape index (κ3) is 5.37. The zero-order chi connectivity index (χ0) is 15.9. The predicted molar refractivity (Wildman–Crippen MR) is 93.3 cm³/mol.